The van der Waals surface area contributed by atoms with Gasteiger partial charge in [-0.1, -0.05) is 17.7 Å². The number of aryl methyl sites for hydroxylation is 1. The molecule has 11 heteroatoms. The number of benzene rings is 1. The van der Waals surface area contributed by atoms with Crippen LogP contribution in [0, 0.1) is 12.7 Å². The Balaban J connectivity index is 1.43. The van der Waals surface area contributed by atoms with Crippen LogP contribution in [0.1, 0.15) is 54.0 Å². The first-order valence-corrected chi connectivity index (χ1v) is 12.0. The van der Waals surface area contributed by atoms with Gasteiger partial charge in [0.2, 0.25) is 5.91 Å². The van der Waals surface area contributed by atoms with E-state index in [1.807, 2.05) is 4.90 Å². The largest absolute Gasteiger partial charge is 0.368 e. The highest BCUT2D eigenvalue weighted by molar-refractivity contribution is 6.33. The molecule has 3 aromatic rings. The topological polar surface area (TPSA) is 108 Å². The van der Waals surface area contributed by atoms with Crippen molar-refractivity contribution in [2.24, 2.45) is 5.73 Å². The van der Waals surface area contributed by atoms with E-state index in [0.29, 0.717) is 42.9 Å². The lowest BCUT2D eigenvalue weighted by atomic mass is 9.99. The minimum Gasteiger partial charge on any atom is -0.368 e. The predicted molar refractivity (Wildman–Crippen MR) is 128 cm³/mol. The summed E-state index contributed by atoms with van der Waals surface area (Å²) in [5, 5.41) is 4.43. The molecule has 0 aliphatic carbocycles. The molecular weight excluding hydrogens is 475 g/mol. The lowest BCUT2D eigenvalue weighted by molar-refractivity contribution is -0.120. The maximum Gasteiger partial charge on any atom is 0.290 e. The molecule has 1 amide bonds. The summed E-state index contributed by atoms with van der Waals surface area (Å²) in [6, 6.07) is 3.48. The third-order valence-electron chi connectivity index (χ3n) is 6.71. The van der Waals surface area contributed by atoms with Gasteiger partial charge in [-0.05, 0) is 49.4 Å². The second-order valence-corrected chi connectivity index (χ2v) is 9.32. The number of aromatic nitrogens is 4. The number of amides is 1. The van der Waals surface area contributed by atoms with Crippen molar-refractivity contribution < 1.29 is 13.9 Å². The lowest BCUT2D eigenvalue weighted by Crippen LogP contribution is -2.36. The molecule has 9 nitrogen and oxygen atoms in total. The van der Waals surface area contributed by atoms with E-state index in [4.69, 9.17) is 22.1 Å². The average Bonchev–Trinajstić information content (AvgIpc) is 3.25. The standard InChI is InChI=1S/C24H26ClFN6O3/c1-14-10-15(26)5-6-16(14)22(23(27)33)31-13-28-17-12-30(8-7-18(17)31)19-11-29-32(24(34)21(19)25)20-4-2-3-9-35-20/h5-6,10-11,13,20,22H,2-4,7-9,12H2,1H3,(H2,27,33). The highest BCUT2D eigenvalue weighted by atomic mass is 35.5. The van der Waals surface area contributed by atoms with Crippen LogP contribution in [-0.4, -0.2) is 38.4 Å². The van der Waals surface area contributed by atoms with E-state index in [2.05, 4.69) is 10.1 Å². The molecule has 184 valence electrons. The fraction of sp³-hybridized carbons (Fsp3) is 0.417. The molecule has 0 bridgehead atoms. The van der Waals surface area contributed by atoms with Gasteiger partial charge in [-0.3, -0.25) is 9.59 Å². The van der Waals surface area contributed by atoms with Crippen molar-refractivity contribution in [2.75, 3.05) is 18.1 Å². The van der Waals surface area contributed by atoms with Crippen LogP contribution in [0.25, 0.3) is 0 Å². The Morgan fingerprint density at radius 1 is 1.34 bits per heavy atom. The van der Waals surface area contributed by atoms with Gasteiger partial charge in [-0.15, -0.1) is 0 Å². The number of imidazole rings is 1. The molecule has 2 aliphatic heterocycles. The molecule has 1 saturated heterocycles. The highest BCUT2D eigenvalue weighted by Gasteiger charge is 2.30. The van der Waals surface area contributed by atoms with Crippen molar-refractivity contribution in [3.05, 3.63) is 74.4 Å². The molecule has 0 radical (unpaired) electrons. The number of hydrogen-bond donors (Lipinski definition) is 1. The molecule has 2 aliphatic rings. The van der Waals surface area contributed by atoms with Gasteiger partial charge < -0.3 is 19.9 Å². The number of carbonyl (C=O) groups excluding carboxylic acids is 1. The first-order chi connectivity index (χ1) is 16.8. The molecule has 0 spiro atoms. The summed E-state index contributed by atoms with van der Waals surface area (Å²) in [6.07, 6.45) is 6.00. The molecule has 5 rings (SSSR count). The Kier molecular flexibility index (Phi) is 6.33. The molecule has 2 aromatic heterocycles. The van der Waals surface area contributed by atoms with E-state index < -0.39 is 18.2 Å². The van der Waals surface area contributed by atoms with Crippen LogP contribution in [0.15, 0.2) is 35.5 Å². The fourth-order valence-corrected chi connectivity index (χ4v) is 5.18. The van der Waals surface area contributed by atoms with Gasteiger partial charge in [0.15, 0.2) is 6.23 Å². The van der Waals surface area contributed by atoms with Gasteiger partial charge in [0.05, 0.1) is 30.5 Å². The quantitative estimate of drug-likeness (QED) is 0.577. The second-order valence-electron chi connectivity index (χ2n) is 8.94. The molecule has 35 heavy (non-hydrogen) atoms. The van der Waals surface area contributed by atoms with E-state index in [0.717, 1.165) is 30.7 Å². The number of anilines is 1. The number of halogens is 2. The van der Waals surface area contributed by atoms with Gasteiger partial charge in [-0.25, -0.2) is 9.37 Å². The Labute approximate surface area is 206 Å². The molecular formula is C24H26ClFN6O3. The fourth-order valence-electron chi connectivity index (χ4n) is 4.92. The number of carbonyl (C=O) groups is 1. The van der Waals surface area contributed by atoms with Gasteiger partial charge in [0.1, 0.15) is 16.9 Å². The van der Waals surface area contributed by atoms with Gasteiger partial charge in [0, 0.05) is 25.3 Å². The second kappa shape index (κ2) is 9.43. The van der Waals surface area contributed by atoms with Crippen molar-refractivity contribution in [1.82, 2.24) is 19.3 Å². The zero-order valence-corrected chi connectivity index (χ0v) is 20.0. The Bertz CT molecular complexity index is 1330. The maximum absolute atomic E-state index is 13.6. The van der Waals surface area contributed by atoms with Crippen LogP contribution in [0.2, 0.25) is 5.02 Å². The van der Waals surface area contributed by atoms with Crippen molar-refractivity contribution >= 4 is 23.2 Å². The number of rotatable bonds is 5. The molecule has 2 N–H and O–H groups in total. The van der Waals surface area contributed by atoms with Crippen LogP contribution in [0.5, 0.6) is 0 Å². The summed E-state index contributed by atoms with van der Waals surface area (Å²) in [6.45, 7) is 3.27. The predicted octanol–water partition coefficient (Wildman–Crippen LogP) is 2.88. The first-order valence-electron chi connectivity index (χ1n) is 11.6. The van der Waals surface area contributed by atoms with Gasteiger partial charge in [-0.2, -0.15) is 9.78 Å². The lowest BCUT2D eigenvalue weighted by Gasteiger charge is -2.31. The van der Waals surface area contributed by atoms with Crippen LogP contribution >= 0.6 is 11.6 Å². The summed E-state index contributed by atoms with van der Waals surface area (Å²) in [4.78, 5) is 31.8. The molecule has 4 heterocycles. The van der Waals surface area contributed by atoms with E-state index in [9.17, 15) is 14.0 Å². The van der Waals surface area contributed by atoms with Gasteiger partial charge in [0.25, 0.3) is 5.56 Å². The van der Waals surface area contributed by atoms with E-state index in [-0.39, 0.29) is 16.4 Å². The number of primary amides is 1. The average molecular weight is 501 g/mol. The van der Waals surface area contributed by atoms with Crippen LogP contribution in [0.4, 0.5) is 10.1 Å². The monoisotopic (exact) mass is 500 g/mol. The van der Waals surface area contributed by atoms with Crippen LogP contribution in [0.3, 0.4) is 0 Å². The number of fused-ring (bicyclic) bond motifs is 1. The normalized spacial score (nSPS) is 18.8. The maximum atomic E-state index is 13.6. The Morgan fingerprint density at radius 2 is 2.17 bits per heavy atom. The molecule has 0 saturated carbocycles. The van der Waals surface area contributed by atoms with Crippen molar-refractivity contribution in [2.45, 2.75) is 51.4 Å². The number of hydrogen-bond acceptors (Lipinski definition) is 6. The minimum atomic E-state index is -0.803. The Hall–Kier alpha value is -3.24. The van der Waals surface area contributed by atoms with Crippen LogP contribution < -0.4 is 16.2 Å². The van der Waals surface area contributed by atoms with E-state index in [1.54, 1.807) is 30.1 Å². The van der Waals surface area contributed by atoms with Crippen LogP contribution in [-0.2, 0) is 22.5 Å². The highest BCUT2D eigenvalue weighted by Crippen LogP contribution is 2.31. The molecule has 1 fully saturated rings. The summed E-state index contributed by atoms with van der Waals surface area (Å²) >= 11 is 6.50. The third kappa shape index (κ3) is 4.32. The molecule has 2 atom stereocenters. The van der Waals surface area contributed by atoms with Crippen molar-refractivity contribution in [3.8, 4) is 0 Å². The van der Waals surface area contributed by atoms with E-state index in [1.165, 1.54) is 16.8 Å². The Morgan fingerprint density at radius 3 is 2.89 bits per heavy atom. The summed E-state index contributed by atoms with van der Waals surface area (Å²) in [5.74, 6) is -0.927. The zero-order chi connectivity index (χ0) is 24.7. The minimum absolute atomic E-state index is 0.0917. The van der Waals surface area contributed by atoms with Crippen molar-refractivity contribution in [1.29, 1.82) is 0 Å². The van der Waals surface area contributed by atoms with E-state index >= 15 is 0 Å². The first kappa shape index (κ1) is 23.5. The SMILES string of the molecule is Cc1cc(F)ccc1C(C(N)=O)n1cnc2c1CCN(c1cnn(C3CCCCO3)c(=O)c1Cl)C2. The number of nitrogens with zero attached hydrogens (tertiary/aromatic N) is 5. The molecule has 2 unspecified atom stereocenters. The third-order valence-corrected chi connectivity index (χ3v) is 7.07. The number of ether oxygens (including phenoxy) is 1. The summed E-state index contributed by atoms with van der Waals surface area (Å²) < 4.78 is 22.4. The number of nitrogens with two attached hydrogens (primary N) is 1. The van der Waals surface area contributed by atoms with Gasteiger partial charge >= 0.3 is 0 Å². The zero-order valence-electron chi connectivity index (χ0n) is 19.3. The van der Waals surface area contributed by atoms with Crippen molar-refractivity contribution in [3.63, 3.8) is 0 Å². The molecule has 1 aromatic carbocycles. The smallest absolute Gasteiger partial charge is 0.290 e. The summed E-state index contributed by atoms with van der Waals surface area (Å²) in [5.41, 5.74) is 8.79. The summed E-state index contributed by atoms with van der Waals surface area (Å²) in [7, 11) is 0.